The van der Waals surface area contributed by atoms with Crippen molar-refractivity contribution in [2.45, 2.75) is 13.3 Å². The Labute approximate surface area is 154 Å². The van der Waals surface area contributed by atoms with Gasteiger partial charge in [-0.05, 0) is 56.1 Å². The molecule has 2 unspecified atom stereocenters. The molecule has 1 aromatic carbocycles. The molecule has 7 heteroatoms. The third-order valence-corrected chi connectivity index (χ3v) is 5.74. The molecule has 1 saturated carbocycles. The van der Waals surface area contributed by atoms with Gasteiger partial charge in [0.15, 0.2) is 5.13 Å². The summed E-state index contributed by atoms with van der Waals surface area (Å²) in [4.78, 5) is 20.7. The van der Waals surface area contributed by atoms with E-state index in [1.807, 2.05) is 25.2 Å². The van der Waals surface area contributed by atoms with Gasteiger partial charge in [-0.25, -0.2) is 9.37 Å². The number of rotatable bonds is 5. The second kappa shape index (κ2) is 6.74. The average molecular weight is 370 g/mol. The summed E-state index contributed by atoms with van der Waals surface area (Å²) in [5.41, 5.74) is 3.04. The lowest BCUT2D eigenvalue weighted by Gasteiger charge is -2.05. The van der Waals surface area contributed by atoms with Gasteiger partial charge in [-0.15, -0.1) is 0 Å². The minimum atomic E-state index is -0.319. The van der Waals surface area contributed by atoms with Crippen LogP contribution < -0.4 is 10.6 Å². The fourth-order valence-corrected chi connectivity index (χ4v) is 4.10. The lowest BCUT2D eigenvalue weighted by Crippen LogP contribution is -2.18. The molecule has 26 heavy (non-hydrogen) atoms. The number of fused-ring (bicyclic) bond motifs is 1. The predicted octanol–water partition coefficient (Wildman–Crippen LogP) is 3.60. The van der Waals surface area contributed by atoms with Crippen LogP contribution in [0.3, 0.4) is 0 Å². The number of nitrogens with one attached hydrogen (secondary N) is 2. The van der Waals surface area contributed by atoms with Crippen molar-refractivity contribution in [1.29, 1.82) is 0 Å². The molecule has 0 radical (unpaired) electrons. The first-order valence-corrected chi connectivity index (χ1v) is 9.35. The largest absolute Gasteiger partial charge is 0.319 e. The first-order valence-electron chi connectivity index (χ1n) is 8.53. The van der Waals surface area contributed by atoms with E-state index in [4.69, 9.17) is 0 Å². The molecule has 1 fully saturated rings. The zero-order valence-corrected chi connectivity index (χ0v) is 15.4. The Balaban J connectivity index is 1.56. The molecule has 0 saturated heterocycles. The van der Waals surface area contributed by atoms with E-state index in [0.29, 0.717) is 16.6 Å². The van der Waals surface area contributed by atoms with E-state index < -0.39 is 0 Å². The van der Waals surface area contributed by atoms with E-state index in [0.717, 1.165) is 34.3 Å². The van der Waals surface area contributed by atoms with E-state index in [9.17, 15) is 9.18 Å². The van der Waals surface area contributed by atoms with Gasteiger partial charge in [0, 0.05) is 17.7 Å². The van der Waals surface area contributed by atoms with Crippen LogP contribution in [-0.2, 0) is 4.79 Å². The first kappa shape index (κ1) is 17.1. The van der Waals surface area contributed by atoms with Crippen molar-refractivity contribution in [1.82, 2.24) is 15.3 Å². The lowest BCUT2D eigenvalue weighted by atomic mass is 10.0. The van der Waals surface area contributed by atoms with Gasteiger partial charge in [-0.2, -0.15) is 0 Å². The molecule has 0 aliphatic heterocycles. The molecule has 2 N–H and O–H groups in total. The summed E-state index contributed by atoms with van der Waals surface area (Å²) in [6.07, 6.45) is 3.81. The molecule has 5 nitrogen and oxygen atoms in total. The number of aromatic nitrogens is 2. The highest BCUT2D eigenvalue weighted by Crippen LogP contribution is 2.39. The van der Waals surface area contributed by atoms with Gasteiger partial charge in [0.25, 0.3) is 0 Å². The lowest BCUT2D eigenvalue weighted by molar-refractivity contribution is -0.117. The number of benzene rings is 1. The third kappa shape index (κ3) is 3.20. The number of nitrogens with zero attached hydrogens (tertiary/aromatic N) is 2. The van der Waals surface area contributed by atoms with Crippen LogP contribution in [0.1, 0.15) is 12.0 Å². The maximum Gasteiger partial charge on any atom is 0.229 e. The summed E-state index contributed by atoms with van der Waals surface area (Å²) in [6, 6.07) is 5.76. The Bertz CT molecular complexity index is 987. The number of carbonyl (C=O) groups is 1. The second-order valence-electron chi connectivity index (χ2n) is 6.64. The van der Waals surface area contributed by atoms with E-state index in [-0.39, 0.29) is 17.6 Å². The molecule has 2 atom stereocenters. The van der Waals surface area contributed by atoms with E-state index in [1.165, 1.54) is 17.5 Å². The molecular weight excluding hydrogens is 351 g/mol. The van der Waals surface area contributed by atoms with Crippen molar-refractivity contribution in [3.63, 3.8) is 0 Å². The standard InChI is InChI=1S/C19H19FN4OS/c1-10-14(8-22-9-15(10)20)11-3-4-16-17(6-11)26-19(23-16)24-18(25)13-5-12(13)7-21-2/h3-4,6,8-9,12-13,21H,5,7H2,1-2H3,(H,23,24,25). The second-order valence-corrected chi connectivity index (χ2v) is 7.68. The Morgan fingerprint density at radius 3 is 3.04 bits per heavy atom. The van der Waals surface area contributed by atoms with Crippen molar-refractivity contribution in [2.75, 3.05) is 18.9 Å². The van der Waals surface area contributed by atoms with Crippen LogP contribution in [0, 0.1) is 24.6 Å². The van der Waals surface area contributed by atoms with Gasteiger partial charge in [0.1, 0.15) is 5.82 Å². The van der Waals surface area contributed by atoms with Gasteiger partial charge in [0.05, 0.1) is 16.4 Å². The van der Waals surface area contributed by atoms with Crippen LogP contribution in [0.4, 0.5) is 9.52 Å². The van der Waals surface area contributed by atoms with Gasteiger partial charge in [-0.1, -0.05) is 17.4 Å². The Morgan fingerprint density at radius 2 is 2.23 bits per heavy atom. The van der Waals surface area contributed by atoms with Crippen molar-refractivity contribution in [3.8, 4) is 11.1 Å². The summed E-state index contributed by atoms with van der Waals surface area (Å²) in [7, 11) is 1.90. The van der Waals surface area contributed by atoms with Crippen molar-refractivity contribution in [3.05, 3.63) is 42.0 Å². The fourth-order valence-electron chi connectivity index (χ4n) is 3.19. The molecule has 1 aliphatic rings. The zero-order valence-electron chi connectivity index (χ0n) is 14.5. The highest BCUT2D eigenvalue weighted by molar-refractivity contribution is 7.22. The van der Waals surface area contributed by atoms with Crippen LogP contribution in [0.25, 0.3) is 21.3 Å². The predicted molar refractivity (Wildman–Crippen MR) is 102 cm³/mol. The normalized spacial score (nSPS) is 18.9. The highest BCUT2D eigenvalue weighted by atomic mass is 32.1. The summed E-state index contributed by atoms with van der Waals surface area (Å²) in [5.74, 6) is 0.214. The van der Waals surface area contributed by atoms with Crippen molar-refractivity contribution in [2.24, 2.45) is 11.8 Å². The highest BCUT2D eigenvalue weighted by Gasteiger charge is 2.42. The number of carbonyl (C=O) groups excluding carboxylic acids is 1. The SMILES string of the molecule is CNCC1CC1C(=O)Nc1nc2ccc(-c3cncc(F)c3C)cc2s1. The fraction of sp³-hybridized carbons (Fsp3) is 0.316. The van der Waals surface area contributed by atoms with Gasteiger partial charge < -0.3 is 10.6 Å². The van der Waals surface area contributed by atoms with Crippen LogP contribution in [0.5, 0.6) is 0 Å². The topological polar surface area (TPSA) is 66.9 Å². The van der Waals surface area contributed by atoms with Gasteiger partial charge in [0.2, 0.25) is 5.91 Å². The number of amides is 1. The molecule has 3 aromatic rings. The third-order valence-electron chi connectivity index (χ3n) is 4.81. The van der Waals surface area contributed by atoms with Crippen LogP contribution in [-0.4, -0.2) is 29.5 Å². The van der Waals surface area contributed by atoms with Gasteiger partial charge in [-0.3, -0.25) is 9.78 Å². The number of hydrogen-bond acceptors (Lipinski definition) is 5. The van der Waals surface area contributed by atoms with E-state index in [2.05, 4.69) is 20.6 Å². The molecule has 4 rings (SSSR count). The van der Waals surface area contributed by atoms with Crippen molar-refractivity contribution >= 4 is 32.6 Å². The quantitative estimate of drug-likeness (QED) is 0.720. The minimum absolute atomic E-state index is 0.0368. The number of hydrogen-bond donors (Lipinski definition) is 2. The van der Waals surface area contributed by atoms with E-state index >= 15 is 0 Å². The van der Waals surface area contributed by atoms with Crippen LogP contribution in [0.15, 0.2) is 30.6 Å². The number of anilines is 1. The molecule has 134 valence electrons. The maximum atomic E-state index is 13.8. The molecule has 2 heterocycles. The number of pyridine rings is 1. The summed E-state index contributed by atoms with van der Waals surface area (Å²) < 4.78 is 14.7. The Kier molecular flexibility index (Phi) is 4.42. The Hall–Kier alpha value is -2.38. The average Bonchev–Trinajstić information content (AvgIpc) is 3.28. The first-order chi connectivity index (χ1) is 12.6. The smallest absolute Gasteiger partial charge is 0.229 e. The van der Waals surface area contributed by atoms with Crippen LogP contribution >= 0.6 is 11.3 Å². The minimum Gasteiger partial charge on any atom is -0.319 e. The van der Waals surface area contributed by atoms with E-state index in [1.54, 1.807) is 13.1 Å². The zero-order chi connectivity index (χ0) is 18.3. The molecule has 0 bridgehead atoms. The molecule has 0 spiro atoms. The Morgan fingerprint density at radius 1 is 1.38 bits per heavy atom. The molecular formula is C19H19FN4OS. The van der Waals surface area contributed by atoms with Gasteiger partial charge >= 0.3 is 0 Å². The summed E-state index contributed by atoms with van der Waals surface area (Å²) >= 11 is 1.43. The van der Waals surface area contributed by atoms with Crippen LogP contribution in [0.2, 0.25) is 0 Å². The number of thiazole rings is 1. The molecule has 2 aromatic heterocycles. The number of halogens is 1. The summed E-state index contributed by atoms with van der Waals surface area (Å²) in [6.45, 7) is 2.61. The monoisotopic (exact) mass is 370 g/mol. The molecule has 1 amide bonds. The maximum absolute atomic E-state index is 13.8. The molecule has 1 aliphatic carbocycles. The summed E-state index contributed by atoms with van der Waals surface area (Å²) in [5, 5.41) is 6.64. The van der Waals surface area contributed by atoms with Crippen molar-refractivity contribution < 1.29 is 9.18 Å².